The summed E-state index contributed by atoms with van der Waals surface area (Å²) in [5.41, 5.74) is 1.27. The van der Waals surface area contributed by atoms with Gasteiger partial charge in [-0.1, -0.05) is 0 Å². The average molecular weight is 317 g/mol. The highest BCUT2D eigenvalue weighted by Gasteiger charge is 2.29. The Morgan fingerprint density at radius 2 is 2.26 bits per heavy atom. The zero-order valence-electron chi connectivity index (χ0n) is 14.2. The largest absolute Gasteiger partial charge is 0.375 e. The normalized spacial score (nSPS) is 21.3. The van der Waals surface area contributed by atoms with Crippen LogP contribution in [0.25, 0.3) is 0 Å². The molecule has 2 heterocycles. The smallest absolute Gasteiger partial charge is 0.223 e. The first kappa shape index (κ1) is 16.2. The third-order valence-corrected chi connectivity index (χ3v) is 4.67. The van der Waals surface area contributed by atoms with Crippen LogP contribution in [-0.4, -0.2) is 55.7 Å². The lowest BCUT2D eigenvalue weighted by Crippen LogP contribution is -2.45. The molecule has 0 spiro atoms. The van der Waals surface area contributed by atoms with Gasteiger partial charge in [0.05, 0.1) is 12.7 Å². The fraction of sp³-hybridized carbons (Fsp3) is 0.667. The Hall–Kier alpha value is -1.62. The Labute approximate surface area is 138 Å². The number of amides is 1. The fourth-order valence-corrected chi connectivity index (χ4v) is 3.01. The second-order valence-corrected chi connectivity index (χ2v) is 6.94. The Bertz CT molecular complexity index is 543. The molecule has 1 aromatic rings. The first-order valence-electron chi connectivity index (χ1n) is 8.63. The number of carbonyl (C=O) groups excluding carboxylic acids is 1. The Morgan fingerprint density at radius 1 is 1.43 bits per heavy atom. The number of aromatic nitrogens is 1. The summed E-state index contributed by atoms with van der Waals surface area (Å²) in [7, 11) is 4.00. The molecule has 5 heteroatoms. The summed E-state index contributed by atoms with van der Waals surface area (Å²) in [6.07, 6.45) is 7.12. The molecule has 2 aliphatic rings. The highest BCUT2D eigenvalue weighted by atomic mass is 16.5. The van der Waals surface area contributed by atoms with Gasteiger partial charge in [-0.2, -0.15) is 0 Å². The van der Waals surface area contributed by atoms with E-state index in [9.17, 15) is 4.79 Å². The summed E-state index contributed by atoms with van der Waals surface area (Å²) in [5.74, 6) is 1.96. The van der Waals surface area contributed by atoms with Gasteiger partial charge in [0.25, 0.3) is 0 Å². The van der Waals surface area contributed by atoms with Crippen LogP contribution < -0.4 is 4.90 Å². The van der Waals surface area contributed by atoms with E-state index < -0.39 is 0 Å². The van der Waals surface area contributed by atoms with Gasteiger partial charge in [-0.15, -0.1) is 0 Å². The standard InChI is InChI=1S/C18H27N3O2/c1-20(2)17-11-15(7-8-19-17)5-6-16-13-21(9-10-23-16)18(22)12-14-3-4-14/h7-8,11,14,16H,3-6,9-10,12-13H2,1-2H3. The molecule has 1 aliphatic heterocycles. The number of ether oxygens (including phenoxy) is 1. The van der Waals surface area contributed by atoms with Crippen molar-refractivity contribution < 1.29 is 9.53 Å². The van der Waals surface area contributed by atoms with E-state index in [1.54, 1.807) is 0 Å². The quantitative estimate of drug-likeness (QED) is 0.806. The molecule has 3 rings (SSSR count). The molecule has 2 fully saturated rings. The number of nitrogens with zero attached hydrogens (tertiary/aromatic N) is 3. The van der Waals surface area contributed by atoms with E-state index in [0.29, 0.717) is 18.4 Å². The lowest BCUT2D eigenvalue weighted by molar-refractivity contribution is -0.139. The van der Waals surface area contributed by atoms with Gasteiger partial charge in [0.15, 0.2) is 0 Å². The molecule has 1 aromatic heterocycles. The number of morpholine rings is 1. The molecule has 1 unspecified atom stereocenters. The molecule has 1 saturated carbocycles. The molecule has 5 nitrogen and oxygen atoms in total. The first-order chi connectivity index (χ1) is 11.1. The van der Waals surface area contributed by atoms with E-state index in [4.69, 9.17) is 4.74 Å². The molecule has 1 amide bonds. The number of pyridine rings is 1. The Balaban J connectivity index is 1.49. The van der Waals surface area contributed by atoms with Crippen LogP contribution in [-0.2, 0) is 16.0 Å². The average Bonchev–Trinajstić information content (AvgIpc) is 3.37. The Kier molecular flexibility index (Phi) is 5.16. The van der Waals surface area contributed by atoms with Gasteiger partial charge >= 0.3 is 0 Å². The van der Waals surface area contributed by atoms with Crippen LogP contribution >= 0.6 is 0 Å². The van der Waals surface area contributed by atoms with E-state index in [-0.39, 0.29) is 6.10 Å². The minimum atomic E-state index is 0.155. The lowest BCUT2D eigenvalue weighted by Gasteiger charge is -2.33. The Morgan fingerprint density at radius 3 is 3.00 bits per heavy atom. The van der Waals surface area contributed by atoms with E-state index in [2.05, 4.69) is 17.1 Å². The molecule has 1 atom stereocenters. The number of anilines is 1. The van der Waals surface area contributed by atoms with Crippen LogP contribution in [0.1, 0.15) is 31.2 Å². The summed E-state index contributed by atoms with van der Waals surface area (Å²) in [6.45, 7) is 2.17. The second-order valence-electron chi connectivity index (χ2n) is 6.94. The van der Waals surface area contributed by atoms with Crippen molar-refractivity contribution in [2.75, 3.05) is 38.7 Å². The van der Waals surface area contributed by atoms with Crippen LogP contribution in [0.5, 0.6) is 0 Å². The molecule has 0 radical (unpaired) electrons. The summed E-state index contributed by atoms with van der Waals surface area (Å²) in [4.78, 5) is 20.6. The molecule has 23 heavy (non-hydrogen) atoms. The fourth-order valence-electron chi connectivity index (χ4n) is 3.01. The van der Waals surface area contributed by atoms with Gasteiger partial charge in [-0.3, -0.25) is 4.79 Å². The zero-order chi connectivity index (χ0) is 16.2. The SMILES string of the molecule is CN(C)c1cc(CCC2CN(C(=O)CC3CC3)CCO2)ccn1. The monoisotopic (exact) mass is 317 g/mol. The molecule has 1 aliphatic carbocycles. The summed E-state index contributed by atoms with van der Waals surface area (Å²) in [5, 5.41) is 0. The van der Waals surface area contributed by atoms with Crippen molar-refractivity contribution in [1.29, 1.82) is 0 Å². The van der Waals surface area contributed by atoms with Crippen molar-refractivity contribution in [3.05, 3.63) is 23.9 Å². The molecule has 0 aromatic carbocycles. The number of rotatable bonds is 6. The predicted molar refractivity (Wildman–Crippen MR) is 90.5 cm³/mol. The lowest BCUT2D eigenvalue weighted by atomic mass is 10.1. The van der Waals surface area contributed by atoms with Gasteiger partial charge in [-0.05, 0) is 49.3 Å². The van der Waals surface area contributed by atoms with Crippen molar-refractivity contribution in [2.45, 2.75) is 38.2 Å². The molecule has 0 bridgehead atoms. The second kappa shape index (κ2) is 7.30. The van der Waals surface area contributed by atoms with Gasteiger partial charge in [0.2, 0.25) is 5.91 Å². The van der Waals surface area contributed by atoms with Crippen LogP contribution in [0.15, 0.2) is 18.3 Å². The maximum absolute atomic E-state index is 12.2. The topological polar surface area (TPSA) is 45.7 Å². The van der Waals surface area contributed by atoms with Crippen LogP contribution in [0.4, 0.5) is 5.82 Å². The van der Waals surface area contributed by atoms with Crippen LogP contribution in [0.2, 0.25) is 0 Å². The zero-order valence-corrected chi connectivity index (χ0v) is 14.2. The summed E-state index contributed by atoms with van der Waals surface area (Å²) in [6, 6.07) is 4.19. The summed E-state index contributed by atoms with van der Waals surface area (Å²) >= 11 is 0. The van der Waals surface area contributed by atoms with Crippen molar-refractivity contribution in [2.24, 2.45) is 5.92 Å². The number of carbonyl (C=O) groups is 1. The third kappa shape index (κ3) is 4.67. The van der Waals surface area contributed by atoms with E-state index in [1.165, 1.54) is 18.4 Å². The van der Waals surface area contributed by atoms with Crippen molar-refractivity contribution in [3.63, 3.8) is 0 Å². The molecule has 0 N–H and O–H groups in total. The maximum Gasteiger partial charge on any atom is 0.223 e. The van der Waals surface area contributed by atoms with Crippen molar-refractivity contribution >= 4 is 11.7 Å². The van der Waals surface area contributed by atoms with Crippen molar-refractivity contribution in [1.82, 2.24) is 9.88 Å². The highest BCUT2D eigenvalue weighted by Crippen LogP contribution is 2.33. The van der Waals surface area contributed by atoms with Gasteiger partial charge < -0.3 is 14.5 Å². The third-order valence-electron chi connectivity index (χ3n) is 4.67. The van der Waals surface area contributed by atoms with Crippen LogP contribution in [0, 0.1) is 5.92 Å². The van der Waals surface area contributed by atoms with Crippen LogP contribution in [0.3, 0.4) is 0 Å². The van der Waals surface area contributed by atoms with Gasteiger partial charge in [0.1, 0.15) is 5.82 Å². The van der Waals surface area contributed by atoms with Crippen molar-refractivity contribution in [3.8, 4) is 0 Å². The maximum atomic E-state index is 12.2. The summed E-state index contributed by atoms with van der Waals surface area (Å²) < 4.78 is 5.86. The minimum Gasteiger partial charge on any atom is -0.375 e. The molecular formula is C18H27N3O2. The van der Waals surface area contributed by atoms with E-state index in [1.807, 2.05) is 30.1 Å². The minimum absolute atomic E-state index is 0.155. The number of hydrogen-bond donors (Lipinski definition) is 0. The van der Waals surface area contributed by atoms with Gasteiger partial charge in [-0.25, -0.2) is 4.98 Å². The van der Waals surface area contributed by atoms with Gasteiger partial charge in [0, 0.05) is 39.8 Å². The molecule has 1 saturated heterocycles. The molecule has 126 valence electrons. The van der Waals surface area contributed by atoms with E-state index >= 15 is 0 Å². The molecular weight excluding hydrogens is 290 g/mol. The predicted octanol–water partition coefficient (Wildman–Crippen LogP) is 2.11. The van der Waals surface area contributed by atoms with E-state index in [0.717, 1.165) is 38.2 Å². The first-order valence-corrected chi connectivity index (χ1v) is 8.63. The number of hydrogen-bond acceptors (Lipinski definition) is 4. The highest BCUT2D eigenvalue weighted by molar-refractivity contribution is 5.76. The number of aryl methyl sites for hydroxylation is 1.